The van der Waals surface area contributed by atoms with Gasteiger partial charge in [-0.15, -0.1) is 0 Å². The fourth-order valence-corrected chi connectivity index (χ4v) is 4.02. The molecule has 0 saturated carbocycles. The van der Waals surface area contributed by atoms with Gasteiger partial charge < -0.3 is 13.8 Å². The van der Waals surface area contributed by atoms with Crippen LogP contribution < -0.4 is 0 Å². The molecule has 7 heteroatoms. The van der Waals surface area contributed by atoms with Gasteiger partial charge in [-0.2, -0.15) is 0 Å². The maximum Gasteiger partial charge on any atom is 0.338 e. The minimum Gasteiger partial charge on any atom is -0.458 e. The first-order valence-corrected chi connectivity index (χ1v) is 9.79. The molecule has 0 saturated heterocycles. The lowest BCUT2D eigenvalue weighted by molar-refractivity contribution is 0.0550. The van der Waals surface area contributed by atoms with Crippen molar-refractivity contribution in [3.8, 4) is 0 Å². The van der Waals surface area contributed by atoms with Gasteiger partial charge in [-0.3, -0.25) is 9.55 Å². The summed E-state index contributed by atoms with van der Waals surface area (Å²) in [5.41, 5.74) is 1.87. The molecule has 0 aliphatic carbocycles. The van der Waals surface area contributed by atoms with Gasteiger partial charge in [0, 0.05) is 11.6 Å². The van der Waals surface area contributed by atoms with Crippen molar-refractivity contribution in [1.82, 2.24) is 4.98 Å². The molecule has 1 aromatic carbocycles. The summed E-state index contributed by atoms with van der Waals surface area (Å²) in [5, 5.41) is 0.755. The standard InChI is InChI=1S/C18H22NO5P/c1-4-9-22-18(20)15-7-8-17-16(11-15)10-14(12-19-17)13-25(21,23-5-2)24-6-3/h4,7-8,10-12H,1,5-6,9,13H2,2-3H3. The Morgan fingerprint density at radius 1 is 1.24 bits per heavy atom. The van der Waals surface area contributed by atoms with E-state index in [1.54, 1.807) is 38.2 Å². The molecule has 0 atom stereocenters. The third-order valence-corrected chi connectivity index (χ3v) is 5.39. The average Bonchev–Trinajstić information content (AvgIpc) is 2.59. The summed E-state index contributed by atoms with van der Waals surface area (Å²) in [4.78, 5) is 16.3. The van der Waals surface area contributed by atoms with Gasteiger partial charge in [-0.05, 0) is 43.7 Å². The number of ether oxygens (including phenoxy) is 1. The molecule has 0 aliphatic heterocycles. The van der Waals surface area contributed by atoms with E-state index in [1.165, 1.54) is 6.08 Å². The first-order valence-electron chi connectivity index (χ1n) is 8.06. The van der Waals surface area contributed by atoms with Crippen molar-refractivity contribution in [2.45, 2.75) is 20.0 Å². The second-order valence-electron chi connectivity index (χ2n) is 5.24. The van der Waals surface area contributed by atoms with E-state index in [-0.39, 0.29) is 12.8 Å². The van der Waals surface area contributed by atoms with Crippen LogP contribution in [0.2, 0.25) is 0 Å². The molecule has 0 bridgehead atoms. The number of aromatic nitrogens is 1. The smallest absolute Gasteiger partial charge is 0.338 e. The second-order valence-corrected chi connectivity index (χ2v) is 7.30. The Morgan fingerprint density at radius 3 is 2.60 bits per heavy atom. The molecule has 2 rings (SSSR count). The Morgan fingerprint density at radius 2 is 1.96 bits per heavy atom. The van der Waals surface area contributed by atoms with Gasteiger partial charge in [0.1, 0.15) is 6.61 Å². The molecule has 1 heterocycles. The number of rotatable bonds is 9. The van der Waals surface area contributed by atoms with E-state index in [2.05, 4.69) is 11.6 Å². The highest BCUT2D eigenvalue weighted by molar-refractivity contribution is 7.53. The number of benzene rings is 1. The van der Waals surface area contributed by atoms with E-state index in [1.807, 2.05) is 6.07 Å². The van der Waals surface area contributed by atoms with Crippen molar-refractivity contribution in [2.75, 3.05) is 19.8 Å². The lowest BCUT2D eigenvalue weighted by Gasteiger charge is -2.17. The van der Waals surface area contributed by atoms with Gasteiger partial charge in [0.15, 0.2) is 0 Å². The zero-order valence-electron chi connectivity index (χ0n) is 14.4. The number of nitrogens with zero attached hydrogens (tertiary/aromatic N) is 1. The fraction of sp³-hybridized carbons (Fsp3) is 0.333. The predicted octanol–water partition coefficient (Wildman–Crippen LogP) is 4.34. The van der Waals surface area contributed by atoms with Gasteiger partial charge >= 0.3 is 13.6 Å². The Bertz CT molecular complexity index is 795. The molecular weight excluding hydrogens is 341 g/mol. The molecule has 2 aromatic rings. The minimum absolute atomic E-state index is 0.128. The molecule has 0 N–H and O–H groups in total. The summed E-state index contributed by atoms with van der Waals surface area (Å²) in [6, 6.07) is 6.93. The fourth-order valence-electron chi connectivity index (χ4n) is 2.35. The molecule has 6 nitrogen and oxygen atoms in total. The molecule has 0 spiro atoms. The molecule has 134 valence electrons. The summed E-state index contributed by atoms with van der Waals surface area (Å²) in [7, 11) is -3.21. The quantitative estimate of drug-likeness (QED) is 0.375. The average molecular weight is 363 g/mol. The highest BCUT2D eigenvalue weighted by Gasteiger charge is 2.24. The van der Waals surface area contributed by atoms with E-state index in [4.69, 9.17) is 13.8 Å². The molecule has 0 radical (unpaired) electrons. The SMILES string of the molecule is C=CCOC(=O)c1ccc2ncc(CP(=O)(OCC)OCC)cc2c1. The summed E-state index contributed by atoms with van der Waals surface area (Å²) in [5.74, 6) is -0.429. The third kappa shape index (κ3) is 5.23. The summed E-state index contributed by atoms with van der Waals surface area (Å²) in [6.45, 7) is 7.81. The number of carbonyl (C=O) groups excluding carboxylic acids is 1. The maximum absolute atomic E-state index is 12.7. The number of hydrogen-bond donors (Lipinski definition) is 0. The van der Waals surface area contributed by atoms with Gasteiger partial charge in [0.25, 0.3) is 0 Å². The minimum atomic E-state index is -3.21. The normalized spacial score (nSPS) is 11.4. The van der Waals surface area contributed by atoms with E-state index in [0.717, 1.165) is 10.9 Å². The number of hydrogen-bond acceptors (Lipinski definition) is 6. The summed E-state index contributed by atoms with van der Waals surface area (Å²) >= 11 is 0. The summed E-state index contributed by atoms with van der Waals surface area (Å²) < 4.78 is 28.3. The molecule has 0 fully saturated rings. The number of esters is 1. The van der Waals surface area contributed by atoms with Crippen molar-refractivity contribution in [3.63, 3.8) is 0 Å². The Balaban J connectivity index is 2.29. The van der Waals surface area contributed by atoms with Crippen molar-refractivity contribution >= 4 is 24.5 Å². The topological polar surface area (TPSA) is 74.7 Å². The lowest BCUT2D eigenvalue weighted by Crippen LogP contribution is -2.05. The van der Waals surface area contributed by atoms with Gasteiger partial charge in [-0.1, -0.05) is 12.7 Å². The largest absolute Gasteiger partial charge is 0.458 e. The van der Waals surface area contributed by atoms with Crippen LogP contribution in [0.15, 0.2) is 43.1 Å². The van der Waals surface area contributed by atoms with Gasteiger partial charge in [0.05, 0.1) is 30.5 Å². The number of fused-ring (bicyclic) bond motifs is 1. The monoisotopic (exact) mass is 363 g/mol. The van der Waals surface area contributed by atoms with Crippen LogP contribution in [-0.4, -0.2) is 30.8 Å². The number of carbonyl (C=O) groups is 1. The van der Waals surface area contributed by atoms with Crippen LogP contribution in [0.3, 0.4) is 0 Å². The van der Waals surface area contributed by atoms with Crippen molar-refractivity contribution < 1.29 is 23.1 Å². The summed E-state index contributed by atoms with van der Waals surface area (Å²) in [6.07, 6.45) is 3.28. The van der Waals surface area contributed by atoms with E-state index < -0.39 is 13.6 Å². The van der Waals surface area contributed by atoms with Crippen LogP contribution in [-0.2, 0) is 24.5 Å². The Kier molecular flexibility index (Phi) is 6.88. The Labute approximate surface area is 147 Å². The first-order chi connectivity index (χ1) is 12.0. The van der Waals surface area contributed by atoms with Crippen LogP contribution in [0.25, 0.3) is 10.9 Å². The molecule has 0 aliphatic rings. The van der Waals surface area contributed by atoms with Crippen molar-refractivity contribution in [1.29, 1.82) is 0 Å². The molecular formula is C18H22NO5P. The third-order valence-electron chi connectivity index (χ3n) is 3.33. The van der Waals surface area contributed by atoms with Crippen molar-refractivity contribution in [3.05, 3.63) is 54.2 Å². The van der Waals surface area contributed by atoms with Crippen LogP contribution >= 0.6 is 7.60 Å². The van der Waals surface area contributed by atoms with Gasteiger partial charge in [-0.25, -0.2) is 4.79 Å². The van der Waals surface area contributed by atoms with Crippen LogP contribution in [0.4, 0.5) is 0 Å². The van der Waals surface area contributed by atoms with Crippen molar-refractivity contribution in [2.24, 2.45) is 0 Å². The van der Waals surface area contributed by atoms with E-state index in [9.17, 15) is 9.36 Å². The first kappa shape index (κ1) is 19.3. The molecule has 25 heavy (non-hydrogen) atoms. The molecule has 0 amide bonds. The highest BCUT2D eigenvalue weighted by atomic mass is 31.2. The predicted molar refractivity (Wildman–Crippen MR) is 96.8 cm³/mol. The van der Waals surface area contributed by atoms with E-state index >= 15 is 0 Å². The molecule has 0 unspecified atom stereocenters. The molecule has 1 aromatic heterocycles. The Hall–Kier alpha value is -2.01. The lowest BCUT2D eigenvalue weighted by atomic mass is 10.1. The van der Waals surface area contributed by atoms with Gasteiger partial charge in [0.2, 0.25) is 0 Å². The highest BCUT2D eigenvalue weighted by Crippen LogP contribution is 2.51. The van der Waals surface area contributed by atoms with Crippen LogP contribution in [0, 0.1) is 0 Å². The van der Waals surface area contributed by atoms with E-state index in [0.29, 0.717) is 24.3 Å². The number of pyridine rings is 1. The second kappa shape index (κ2) is 8.90. The van der Waals surface area contributed by atoms with Crippen LogP contribution in [0.5, 0.6) is 0 Å². The zero-order valence-corrected chi connectivity index (χ0v) is 15.3. The zero-order chi connectivity index (χ0) is 18.3. The van der Waals surface area contributed by atoms with Crippen LogP contribution in [0.1, 0.15) is 29.8 Å². The maximum atomic E-state index is 12.7.